The average molecular weight is 553 g/mol. The minimum absolute atomic E-state index is 1.23. The van der Waals surface area contributed by atoms with E-state index in [0.29, 0.717) is 0 Å². The van der Waals surface area contributed by atoms with Crippen LogP contribution in [0.3, 0.4) is 0 Å². The second kappa shape index (κ2) is 25.1. The van der Waals surface area contributed by atoms with Gasteiger partial charge in [0, 0.05) is 361 Å². The first kappa shape index (κ1) is 52.3. The fourth-order valence-corrected chi connectivity index (χ4v) is 8.60. The molecule has 0 heterocycles. The van der Waals surface area contributed by atoms with E-state index >= 15 is 0 Å². The second-order valence-corrected chi connectivity index (χ2v) is 14.0. The summed E-state index contributed by atoms with van der Waals surface area (Å²) in [7, 11) is 166. The molecule has 0 aliphatic heterocycles. The Morgan fingerprint density at radius 2 is 0.333 bits per heavy atom. The van der Waals surface area contributed by atoms with Crippen molar-refractivity contribution < 1.29 is 0 Å². The molecule has 0 aromatic rings. The highest BCUT2D eigenvalue weighted by atomic mass is 13.4. The molecule has 0 aromatic carbocycles. The minimum Gasteiger partial charge on any atom is -0.0388 e. The van der Waals surface area contributed by atoms with Crippen molar-refractivity contribution in [1.82, 2.24) is 0 Å². The second-order valence-electron chi connectivity index (χ2n) is 14.0. The molecule has 0 spiro atoms. The van der Waals surface area contributed by atoms with Crippen LogP contribution in [0, 0.1) is 0 Å². The molecule has 0 bridgehead atoms. The molecule has 0 saturated heterocycles. The Labute approximate surface area is 360 Å². The summed E-state index contributed by atoms with van der Waals surface area (Å²) in [4.78, 5) is 0. The lowest BCUT2D eigenvalue weighted by atomic mass is 8.24. The summed E-state index contributed by atoms with van der Waals surface area (Å²) < 4.78 is 8.62. The molecular formula is HB51. The number of hydrogen-bond donors (Lipinski definition) is 0. The fraction of sp³-hybridized carbons (Fsp3) is 0. The first-order valence-corrected chi connectivity index (χ1v) is 16.7. The summed E-state index contributed by atoms with van der Waals surface area (Å²) >= 11 is 0. The summed E-state index contributed by atoms with van der Waals surface area (Å²) in [5, 5.41) is 0. The quantitative estimate of drug-likeness (QED) is 0.104. The maximum Gasteiger partial charge on any atom is 0.0273 e. The number of rotatable bonds is 24. The van der Waals surface area contributed by atoms with Gasteiger partial charge >= 0.3 is 0 Å². The van der Waals surface area contributed by atoms with Crippen molar-refractivity contribution in [1.29, 1.82) is 1.34 Å². The van der Waals surface area contributed by atoms with Crippen molar-refractivity contribution in [3.05, 3.63) is 0 Å². The SMILES string of the molecule is [2H]B([B])B([B])B(B(B([B])[B])B([B])[B])B(B(B([B])[B])B([B])[B])B(B(B(B([B])[B])B([B])[B])B(B([B])[B])B([B])[B])B(B(B([B])[B])B([B])[B])B(B([B])[B])B([B])[B]. The highest BCUT2D eigenvalue weighted by Gasteiger charge is 2.60. The molecule has 0 atom stereocenters. The van der Waals surface area contributed by atoms with Gasteiger partial charge in [0.2, 0.25) is 0 Å². The molecule has 0 rings (SSSR count). The van der Waals surface area contributed by atoms with Gasteiger partial charge in [-0.05, 0) is 1.34 Å². The molecule has 0 nitrogen and oxygen atoms in total. The van der Waals surface area contributed by atoms with Gasteiger partial charge in [0.05, 0.1) is 0 Å². The molecule has 0 amide bonds. The standard InChI is InChI=1S/B51H/c1-27-40(26)47(41(28(2)3)29(4)5)50(46(38(22)23)39(24)25)51(48(42(30(6)7)31(8)9)43(32(10)11)33(12)13)49(44(34(14)15)35(16)17)45(36(18)19)37(20)21/h27H/i27D. The Kier molecular flexibility index (Phi) is 25.7. The molecule has 0 saturated carbocycles. The fourth-order valence-electron chi connectivity index (χ4n) is 8.60. The third-order valence-electron chi connectivity index (χ3n) is 10.4. The molecule has 0 aromatic heterocycles. The summed E-state index contributed by atoms with van der Waals surface area (Å²) in [5.41, 5.74) is 0. The van der Waals surface area contributed by atoms with Gasteiger partial charge in [-0.2, -0.15) is 0 Å². The Bertz CT molecular complexity index is 783. The highest BCUT2D eigenvalue weighted by Crippen LogP contribution is 2.22. The lowest BCUT2D eigenvalue weighted by Crippen LogP contribution is -2.95. The Balaban J connectivity index is 9.73. The third kappa shape index (κ3) is 14.8. The molecule has 0 N–H and O–H groups in total. The maximum atomic E-state index is 8.62. The van der Waals surface area contributed by atoms with Crippen LogP contribution in [-0.4, -0.2) is 363 Å². The average Bonchev–Trinajstić information content (AvgIpc) is 2.92. The van der Waals surface area contributed by atoms with Gasteiger partial charge in [-0.25, -0.2) is 0 Å². The van der Waals surface area contributed by atoms with Crippen molar-refractivity contribution in [2.45, 2.75) is 0 Å². The monoisotopic (exact) mass is 563 g/mol. The van der Waals surface area contributed by atoms with Crippen LogP contribution in [-0.2, 0) is 0 Å². The van der Waals surface area contributed by atoms with E-state index in [1.165, 1.54) is 0 Å². The van der Waals surface area contributed by atoms with Crippen molar-refractivity contribution in [3.8, 4) is 0 Å². The summed E-state index contributed by atoms with van der Waals surface area (Å²) in [6, 6.07) is 0. The maximum absolute atomic E-state index is 8.62. The molecule has 51 heavy (non-hydrogen) atoms. The minimum atomic E-state index is -1.59. The zero-order valence-corrected chi connectivity index (χ0v) is 29.4. The van der Waals surface area contributed by atoms with E-state index < -0.39 is 160 Å². The van der Waals surface area contributed by atoms with Crippen molar-refractivity contribution in [2.75, 3.05) is 0 Å². The number of hydrogen-bond acceptors (Lipinski definition) is 0. The van der Waals surface area contributed by atoms with Crippen LogP contribution in [0.1, 0.15) is 0 Å². The summed E-state index contributed by atoms with van der Waals surface area (Å²) in [6.45, 7) is 0. The van der Waals surface area contributed by atoms with Gasteiger partial charge in [-0.3, -0.25) is 0 Å². The lowest BCUT2D eigenvalue weighted by Gasteiger charge is -2.57. The van der Waals surface area contributed by atoms with Crippen LogP contribution in [0.25, 0.3) is 0 Å². The van der Waals surface area contributed by atoms with Gasteiger partial charge in [-0.1, -0.05) is 0 Å². The third-order valence-corrected chi connectivity index (χ3v) is 10.4. The Morgan fingerprint density at radius 3 is 0.471 bits per heavy atom. The predicted octanol–water partition coefficient (Wildman–Crippen LogP) is -19.7. The van der Waals surface area contributed by atoms with E-state index in [0.717, 1.165) is 0 Å². The molecular weight excluding hydrogens is 551 g/mol. The molecule has 0 unspecified atom stereocenters. The van der Waals surface area contributed by atoms with Crippen LogP contribution in [0.2, 0.25) is 0 Å². The van der Waals surface area contributed by atoms with E-state index in [1.807, 2.05) is 0 Å². The van der Waals surface area contributed by atoms with Crippen molar-refractivity contribution in [3.63, 3.8) is 0 Å². The zero-order valence-electron chi connectivity index (χ0n) is 30.4. The molecule has 0 aliphatic rings. The van der Waals surface area contributed by atoms with Crippen molar-refractivity contribution in [2.24, 2.45) is 0 Å². The largest absolute Gasteiger partial charge is 0.0388 e. The van der Waals surface area contributed by atoms with Crippen LogP contribution >= 0.6 is 0 Å². The van der Waals surface area contributed by atoms with E-state index in [-0.39, 0.29) is 0 Å². The van der Waals surface area contributed by atoms with Gasteiger partial charge in [0.25, 0.3) is 0 Å². The van der Waals surface area contributed by atoms with Gasteiger partial charge in [0.1, 0.15) is 0 Å². The Morgan fingerprint density at radius 1 is 0.216 bits per heavy atom. The molecule has 154 valence electrons. The first-order valence-electron chi connectivity index (χ1n) is 17.2. The molecule has 0 fully saturated rings. The van der Waals surface area contributed by atoms with Crippen LogP contribution < -0.4 is 0 Å². The van der Waals surface area contributed by atoms with Crippen LogP contribution in [0.4, 0.5) is 0 Å². The van der Waals surface area contributed by atoms with E-state index in [1.54, 1.807) is 0 Å². The normalized spacial score (nSPS) is 9.92. The first-order chi connectivity index (χ1) is 23.6. The van der Waals surface area contributed by atoms with Crippen LogP contribution in [0.5, 0.6) is 0 Å². The van der Waals surface area contributed by atoms with E-state index in [9.17, 15) is 0 Å². The molecule has 0 aliphatic carbocycles. The summed E-state index contributed by atoms with van der Waals surface area (Å²) in [5.74, 6) is 0. The smallest absolute Gasteiger partial charge is 0.0273 e. The molecule has 52 radical (unpaired) electrons. The van der Waals surface area contributed by atoms with Gasteiger partial charge in [-0.15, -0.1) is 0 Å². The predicted molar refractivity (Wildman–Crippen MR) is 295 cm³/mol. The summed E-state index contributed by atoms with van der Waals surface area (Å²) in [6.07, 6.45) is -32.3. The highest BCUT2D eigenvalue weighted by molar-refractivity contribution is 8.35. The Hall–Kier alpha value is 3.31. The van der Waals surface area contributed by atoms with Gasteiger partial charge < -0.3 is 0 Å². The van der Waals surface area contributed by atoms with Crippen LogP contribution in [0.15, 0.2) is 0 Å². The van der Waals surface area contributed by atoms with Gasteiger partial charge in [0.15, 0.2) is 0 Å². The lowest BCUT2D eigenvalue weighted by molar-refractivity contribution is 3.19. The molecule has 51 heteroatoms. The van der Waals surface area contributed by atoms with E-state index in [4.69, 9.17) is 202 Å². The topological polar surface area (TPSA) is 0 Å². The zero-order chi connectivity index (χ0) is 41.4. The van der Waals surface area contributed by atoms with E-state index in [2.05, 4.69) is 0 Å². The van der Waals surface area contributed by atoms with Crippen molar-refractivity contribution >= 4 is 361 Å².